The van der Waals surface area contributed by atoms with E-state index >= 15 is 0 Å². The van der Waals surface area contributed by atoms with E-state index in [1.165, 1.54) is 23.1 Å². The van der Waals surface area contributed by atoms with Gasteiger partial charge in [-0.3, -0.25) is 10.1 Å². The maximum absolute atomic E-state index is 10.6. The van der Waals surface area contributed by atoms with E-state index in [0.717, 1.165) is 12.8 Å². The topological polar surface area (TPSA) is 86.7 Å². The summed E-state index contributed by atoms with van der Waals surface area (Å²) in [6.07, 6.45) is 4.58. The molecule has 2 aromatic heterocycles. The van der Waals surface area contributed by atoms with Crippen molar-refractivity contribution in [2.75, 3.05) is 0 Å². The summed E-state index contributed by atoms with van der Waals surface area (Å²) in [6, 6.07) is 1.53. The fourth-order valence-electron chi connectivity index (χ4n) is 1.60. The lowest BCUT2D eigenvalue weighted by molar-refractivity contribution is -0.384. The fourth-order valence-corrected chi connectivity index (χ4v) is 1.78. The maximum atomic E-state index is 10.6. The summed E-state index contributed by atoms with van der Waals surface area (Å²) in [7, 11) is 0. The molecule has 0 unspecified atom stereocenters. The molecule has 0 radical (unpaired) electrons. The average molecular weight is 266 g/mol. The molecule has 0 bridgehead atoms. The maximum Gasteiger partial charge on any atom is 0.307 e. The zero-order chi connectivity index (χ0) is 12.7. The molecular weight excluding hydrogens is 258 g/mol. The summed E-state index contributed by atoms with van der Waals surface area (Å²) in [5.74, 6) is 1.48. The van der Waals surface area contributed by atoms with Crippen LogP contribution in [0.3, 0.4) is 0 Å². The van der Waals surface area contributed by atoms with Crippen molar-refractivity contribution >= 4 is 17.3 Å². The number of halogens is 1. The Labute approximate surface area is 107 Å². The third kappa shape index (κ3) is 2.04. The number of nitro groups is 1. The number of hydrogen-bond donors (Lipinski definition) is 0. The Morgan fingerprint density at radius 1 is 1.44 bits per heavy atom. The molecule has 7 nitrogen and oxygen atoms in total. The lowest BCUT2D eigenvalue weighted by atomic mass is 10.4. The van der Waals surface area contributed by atoms with E-state index in [1.54, 1.807) is 0 Å². The van der Waals surface area contributed by atoms with Crippen molar-refractivity contribution in [2.45, 2.75) is 18.8 Å². The van der Waals surface area contributed by atoms with Crippen LogP contribution in [0.4, 0.5) is 5.69 Å². The van der Waals surface area contributed by atoms with Crippen LogP contribution >= 0.6 is 11.6 Å². The Balaban J connectivity index is 2.01. The molecule has 0 aliphatic heterocycles. The summed E-state index contributed by atoms with van der Waals surface area (Å²) in [4.78, 5) is 18.5. The number of aromatic nitrogens is 4. The Bertz CT molecular complexity index is 622. The minimum Gasteiger partial charge on any atom is -0.258 e. The predicted molar refractivity (Wildman–Crippen MR) is 62.8 cm³/mol. The molecule has 0 spiro atoms. The molecule has 8 heteroatoms. The van der Waals surface area contributed by atoms with Crippen molar-refractivity contribution in [3.05, 3.63) is 39.6 Å². The highest BCUT2D eigenvalue weighted by atomic mass is 35.5. The highest BCUT2D eigenvalue weighted by molar-refractivity contribution is 6.29. The van der Waals surface area contributed by atoms with Crippen molar-refractivity contribution in [2.24, 2.45) is 0 Å². The highest BCUT2D eigenvalue weighted by Crippen LogP contribution is 2.38. The zero-order valence-corrected chi connectivity index (χ0v) is 9.91. The van der Waals surface area contributed by atoms with Gasteiger partial charge in [0.05, 0.1) is 4.92 Å². The van der Waals surface area contributed by atoms with E-state index in [1.807, 2.05) is 0 Å². The number of hydrogen-bond acceptors (Lipinski definition) is 5. The van der Waals surface area contributed by atoms with Gasteiger partial charge in [-0.15, -0.1) is 0 Å². The van der Waals surface area contributed by atoms with Crippen LogP contribution in [-0.2, 0) is 0 Å². The largest absolute Gasteiger partial charge is 0.307 e. The first-order valence-electron chi connectivity index (χ1n) is 5.37. The molecule has 0 aromatic carbocycles. The van der Waals surface area contributed by atoms with Gasteiger partial charge in [0.15, 0.2) is 5.82 Å². The van der Waals surface area contributed by atoms with Gasteiger partial charge in [-0.05, 0) is 12.8 Å². The zero-order valence-electron chi connectivity index (χ0n) is 9.15. The summed E-state index contributed by atoms with van der Waals surface area (Å²) in [5.41, 5.74) is -0.0855. The van der Waals surface area contributed by atoms with Crippen molar-refractivity contribution < 1.29 is 4.92 Å². The molecular formula is C10H8ClN5O2. The molecule has 92 valence electrons. The third-order valence-corrected chi connectivity index (χ3v) is 2.85. The SMILES string of the molecule is O=[N+]([O-])c1cnn(-c2cc(Cl)nc(C3CC3)n2)c1. The van der Waals surface area contributed by atoms with Gasteiger partial charge in [-0.2, -0.15) is 5.10 Å². The predicted octanol–water partition coefficient (Wildman–Crippen LogP) is 2.10. The first kappa shape index (κ1) is 11.1. The molecule has 0 N–H and O–H groups in total. The van der Waals surface area contributed by atoms with Crippen molar-refractivity contribution in [1.29, 1.82) is 0 Å². The van der Waals surface area contributed by atoms with E-state index in [0.29, 0.717) is 22.7 Å². The van der Waals surface area contributed by atoms with Crippen LogP contribution < -0.4 is 0 Å². The molecule has 1 aliphatic carbocycles. The van der Waals surface area contributed by atoms with E-state index in [2.05, 4.69) is 15.1 Å². The molecule has 0 amide bonds. The van der Waals surface area contributed by atoms with Crippen LogP contribution in [0.2, 0.25) is 5.15 Å². The van der Waals surface area contributed by atoms with Crippen LogP contribution in [0.1, 0.15) is 24.6 Å². The smallest absolute Gasteiger partial charge is 0.258 e. The molecule has 1 saturated carbocycles. The van der Waals surface area contributed by atoms with Gasteiger partial charge in [0, 0.05) is 12.0 Å². The van der Waals surface area contributed by atoms with Crippen LogP contribution in [-0.4, -0.2) is 24.7 Å². The summed E-state index contributed by atoms with van der Waals surface area (Å²) in [5, 5.41) is 14.8. The molecule has 2 heterocycles. The molecule has 1 aliphatic rings. The Morgan fingerprint density at radius 3 is 2.83 bits per heavy atom. The second-order valence-electron chi connectivity index (χ2n) is 4.08. The first-order chi connectivity index (χ1) is 8.63. The normalized spacial score (nSPS) is 14.7. The van der Waals surface area contributed by atoms with Crippen molar-refractivity contribution in [1.82, 2.24) is 19.7 Å². The minimum atomic E-state index is -0.506. The van der Waals surface area contributed by atoms with Gasteiger partial charge in [0.2, 0.25) is 0 Å². The molecule has 1 fully saturated rings. The number of rotatable bonds is 3. The minimum absolute atomic E-state index is 0.0855. The van der Waals surface area contributed by atoms with E-state index in [-0.39, 0.29) is 5.69 Å². The van der Waals surface area contributed by atoms with Crippen LogP contribution in [0.25, 0.3) is 5.82 Å². The standard InChI is InChI=1S/C10H8ClN5O2/c11-8-3-9(14-10(13-8)6-1-2-6)15-5-7(4-12-15)16(17)18/h3-6H,1-2H2. The number of nitrogens with zero attached hydrogens (tertiary/aromatic N) is 5. The van der Waals surface area contributed by atoms with Crippen molar-refractivity contribution in [3.63, 3.8) is 0 Å². The van der Waals surface area contributed by atoms with E-state index in [4.69, 9.17) is 11.6 Å². The van der Waals surface area contributed by atoms with Crippen LogP contribution in [0.5, 0.6) is 0 Å². The lowest BCUT2D eigenvalue weighted by Gasteiger charge is -2.03. The van der Waals surface area contributed by atoms with E-state index < -0.39 is 4.92 Å². The quantitative estimate of drug-likeness (QED) is 0.482. The Hall–Kier alpha value is -2.02. The summed E-state index contributed by atoms with van der Waals surface area (Å²) >= 11 is 5.91. The van der Waals surface area contributed by atoms with Crippen molar-refractivity contribution in [3.8, 4) is 5.82 Å². The second-order valence-corrected chi connectivity index (χ2v) is 4.47. The molecule has 3 rings (SSSR count). The lowest BCUT2D eigenvalue weighted by Crippen LogP contribution is -2.02. The molecule has 0 atom stereocenters. The third-order valence-electron chi connectivity index (χ3n) is 2.66. The van der Waals surface area contributed by atoms with Gasteiger partial charge in [0.25, 0.3) is 0 Å². The summed E-state index contributed by atoms with van der Waals surface area (Å²) < 4.78 is 1.33. The molecule has 2 aromatic rings. The average Bonchev–Trinajstić information content (AvgIpc) is 3.05. The molecule has 18 heavy (non-hydrogen) atoms. The van der Waals surface area contributed by atoms with E-state index in [9.17, 15) is 10.1 Å². The van der Waals surface area contributed by atoms with Gasteiger partial charge < -0.3 is 0 Å². The van der Waals surface area contributed by atoms with Gasteiger partial charge in [-0.1, -0.05) is 11.6 Å². The first-order valence-corrected chi connectivity index (χ1v) is 5.75. The van der Waals surface area contributed by atoms with Crippen LogP contribution in [0.15, 0.2) is 18.5 Å². The van der Waals surface area contributed by atoms with Crippen LogP contribution in [0, 0.1) is 10.1 Å². The summed E-state index contributed by atoms with van der Waals surface area (Å²) in [6.45, 7) is 0. The molecule has 0 saturated heterocycles. The Kier molecular flexibility index (Phi) is 2.48. The monoisotopic (exact) mass is 265 g/mol. The fraction of sp³-hybridized carbons (Fsp3) is 0.300. The Morgan fingerprint density at radius 2 is 2.22 bits per heavy atom. The second kappa shape index (κ2) is 4.02. The van der Waals surface area contributed by atoms with Gasteiger partial charge in [-0.25, -0.2) is 14.6 Å². The van der Waals surface area contributed by atoms with Gasteiger partial charge >= 0.3 is 5.69 Å². The van der Waals surface area contributed by atoms with Gasteiger partial charge in [0.1, 0.15) is 23.4 Å². The highest BCUT2D eigenvalue weighted by Gasteiger charge is 2.27.